The summed E-state index contributed by atoms with van der Waals surface area (Å²) in [5.74, 6) is 1.62. The van der Waals surface area contributed by atoms with E-state index in [0.717, 1.165) is 25.3 Å². The number of carbonyl (C=O) groups excluding carboxylic acids is 1. The fourth-order valence-electron chi connectivity index (χ4n) is 2.49. The Morgan fingerprint density at radius 1 is 1.33 bits per heavy atom. The summed E-state index contributed by atoms with van der Waals surface area (Å²) in [6.45, 7) is 8.40. The van der Waals surface area contributed by atoms with Crippen LogP contribution in [0, 0.1) is 17.3 Å². The SMILES string of the molecule is CN(CC1CC1)C(=O)CCC(CCN)C(C)(C)C. The van der Waals surface area contributed by atoms with Gasteiger partial charge in [0.15, 0.2) is 0 Å². The second kappa shape index (κ2) is 6.55. The molecule has 2 N–H and O–H groups in total. The molecule has 0 aromatic rings. The van der Waals surface area contributed by atoms with E-state index in [0.29, 0.717) is 24.8 Å². The lowest BCUT2D eigenvalue weighted by Crippen LogP contribution is -2.30. The largest absolute Gasteiger partial charge is 0.345 e. The van der Waals surface area contributed by atoms with Crippen molar-refractivity contribution in [2.24, 2.45) is 23.0 Å². The number of hydrogen-bond acceptors (Lipinski definition) is 2. The molecule has 0 aliphatic heterocycles. The maximum atomic E-state index is 12.0. The molecule has 0 heterocycles. The molecule has 1 fully saturated rings. The fourth-order valence-corrected chi connectivity index (χ4v) is 2.49. The van der Waals surface area contributed by atoms with Gasteiger partial charge in [-0.1, -0.05) is 20.8 Å². The smallest absolute Gasteiger partial charge is 0.222 e. The van der Waals surface area contributed by atoms with Crippen LogP contribution in [0.4, 0.5) is 0 Å². The minimum Gasteiger partial charge on any atom is -0.345 e. The summed E-state index contributed by atoms with van der Waals surface area (Å²) in [5.41, 5.74) is 5.92. The molecule has 3 nitrogen and oxygen atoms in total. The quantitative estimate of drug-likeness (QED) is 0.759. The lowest BCUT2D eigenvalue weighted by atomic mass is 9.76. The molecule has 0 saturated heterocycles. The van der Waals surface area contributed by atoms with Crippen LogP contribution in [0.3, 0.4) is 0 Å². The van der Waals surface area contributed by atoms with Crippen LogP contribution in [0.2, 0.25) is 0 Å². The summed E-state index contributed by atoms with van der Waals surface area (Å²) in [5, 5.41) is 0. The van der Waals surface area contributed by atoms with Gasteiger partial charge in [-0.25, -0.2) is 0 Å². The maximum Gasteiger partial charge on any atom is 0.222 e. The Morgan fingerprint density at radius 2 is 1.94 bits per heavy atom. The third-order valence-corrected chi connectivity index (χ3v) is 4.10. The van der Waals surface area contributed by atoms with Crippen LogP contribution in [-0.2, 0) is 4.79 Å². The second-order valence-corrected chi connectivity index (χ2v) is 6.90. The first kappa shape index (κ1) is 15.5. The van der Waals surface area contributed by atoms with E-state index < -0.39 is 0 Å². The van der Waals surface area contributed by atoms with Gasteiger partial charge < -0.3 is 10.6 Å². The van der Waals surface area contributed by atoms with Crippen molar-refractivity contribution in [3.63, 3.8) is 0 Å². The summed E-state index contributed by atoms with van der Waals surface area (Å²) >= 11 is 0. The van der Waals surface area contributed by atoms with Crippen LogP contribution in [-0.4, -0.2) is 30.9 Å². The fraction of sp³-hybridized carbons (Fsp3) is 0.933. The monoisotopic (exact) mass is 254 g/mol. The molecule has 1 saturated carbocycles. The number of carbonyl (C=O) groups is 1. The highest BCUT2D eigenvalue weighted by atomic mass is 16.2. The number of hydrogen-bond donors (Lipinski definition) is 1. The topological polar surface area (TPSA) is 46.3 Å². The normalized spacial score (nSPS) is 17.6. The molecule has 1 rings (SSSR count). The van der Waals surface area contributed by atoms with Crippen molar-refractivity contribution >= 4 is 5.91 Å². The molecule has 0 spiro atoms. The van der Waals surface area contributed by atoms with E-state index in [1.54, 1.807) is 0 Å². The maximum absolute atomic E-state index is 12.0. The van der Waals surface area contributed by atoms with E-state index in [1.165, 1.54) is 12.8 Å². The Morgan fingerprint density at radius 3 is 2.39 bits per heavy atom. The second-order valence-electron chi connectivity index (χ2n) is 6.90. The lowest BCUT2D eigenvalue weighted by molar-refractivity contribution is -0.130. The molecular weight excluding hydrogens is 224 g/mol. The molecule has 0 radical (unpaired) electrons. The Bertz CT molecular complexity index is 266. The first-order chi connectivity index (χ1) is 8.34. The van der Waals surface area contributed by atoms with Crippen molar-refractivity contribution in [1.29, 1.82) is 0 Å². The van der Waals surface area contributed by atoms with Crippen LogP contribution >= 0.6 is 0 Å². The zero-order valence-corrected chi connectivity index (χ0v) is 12.5. The lowest BCUT2D eigenvalue weighted by Gasteiger charge is -2.31. The van der Waals surface area contributed by atoms with Crippen molar-refractivity contribution < 1.29 is 4.79 Å². The molecule has 0 aromatic heterocycles. The van der Waals surface area contributed by atoms with E-state index in [4.69, 9.17) is 5.73 Å². The van der Waals surface area contributed by atoms with E-state index in [-0.39, 0.29) is 5.41 Å². The van der Waals surface area contributed by atoms with Crippen LogP contribution in [0.1, 0.15) is 52.9 Å². The van der Waals surface area contributed by atoms with Gasteiger partial charge in [-0.15, -0.1) is 0 Å². The van der Waals surface area contributed by atoms with Gasteiger partial charge in [0.05, 0.1) is 0 Å². The molecule has 3 heteroatoms. The van der Waals surface area contributed by atoms with Gasteiger partial charge in [-0.05, 0) is 49.5 Å². The highest BCUT2D eigenvalue weighted by Gasteiger charge is 2.27. The molecule has 1 unspecified atom stereocenters. The minimum absolute atomic E-state index is 0.245. The van der Waals surface area contributed by atoms with Gasteiger partial charge >= 0.3 is 0 Å². The van der Waals surface area contributed by atoms with Crippen molar-refractivity contribution in [1.82, 2.24) is 4.90 Å². The summed E-state index contributed by atoms with van der Waals surface area (Å²) in [4.78, 5) is 14.0. The zero-order chi connectivity index (χ0) is 13.8. The minimum atomic E-state index is 0.245. The van der Waals surface area contributed by atoms with E-state index in [9.17, 15) is 4.79 Å². The van der Waals surface area contributed by atoms with Crippen LogP contribution in [0.5, 0.6) is 0 Å². The Kier molecular flexibility index (Phi) is 5.64. The summed E-state index contributed by atoms with van der Waals surface area (Å²) < 4.78 is 0. The molecule has 1 atom stereocenters. The third-order valence-electron chi connectivity index (χ3n) is 4.10. The molecule has 0 bridgehead atoms. The summed E-state index contributed by atoms with van der Waals surface area (Å²) in [6, 6.07) is 0. The summed E-state index contributed by atoms with van der Waals surface area (Å²) in [6.07, 6.45) is 5.26. The van der Waals surface area contributed by atoms with Crippen molar-refractivity contribution in [3.8, 4) is 0 Å². The average Bonchev–Trinajstić information content (AvgIpc) is 3.05. The summed E-state index contributed by atoms with van der Waals surface area (Å²) in [7, 11) is 1.94. The van der Waals surface area contributed by atoms with Gasteiger partial charge in [0.1, 0.15) is 0 Å². The van der Waals surface area contributed by atoms with E-state index in [2.05, 4.69) is 20.8 Å². The Balaban J connectivity index is 2.33. The van der Waals surface area contributed by atoms with Gasteiger partial charge in [-0.2, -0.15) is 0 Å². The zero-order valence-electron chi connectivity index (χ0n) is 12.5. The van der Waals surface area contributed by atoms with E-state index >= 15 is 0 Å². The van der Waals surface area contributed by atoms with Gasteiger partial charge in [0.2, 0.25) is 5.91 Å². The van der Waals surface area contributed by atoms with E-state index in [1.807, 2.05) is 11.9 Å². The predicted molar refractivity (Wildman–Crippen MR) is 76.2 cm³/mol. The first-order valence-corrected chi connectivity index (χ1v) is 7.28. The van der Waals surface area contributed by atoms with Crippen molar-refractivity contribution in [2.75, 3.05) is 20.1 Å². The Labute approximate surface area is 112 Å². The number of amides is 1. The molecule has 1 amide bonds. The number of nitrogens with zero attached hydrogens (tertiary/aromatic N) is 1. The highest BCUT2D eigenvalue weighted by Crippen LogP contribution is 2.33. The van der Waals surface area contributed by atoms with Gasteiger partial charge in [-0.3, -0.25) is 4.79 Å². The third kappa shape index (κ3) is 5.38. The highest BCUT2D eigenvalue weighted by molar-refractivity contribution is 5.75. The van der Waals surface area contributed by atoms with Crippen LogP contribution in [0.15, 0.2) is 0 Å². The van der Waals surface area contributed by atoms with Crippen molar-refractivity contribution in [3.05, 3.63) is 0 Å². The van der Waals surface area contributed by atoms with Gasteiger partial charge in [0.25, 0.3) is 0 Å². The van der Waals surface area contributed by atoms with Crippen LogP contribution in [0.25, 0.3) is 0 Å². The molecule has 1 aliphatic carbocycles. The number of rotatable bonds is 7. The number of nitrogens with two attached hydrogens (primary N) is 1. The molecule has 0 aromatic carbocycles. The first-order valence-electron chi connectivity index (χ1n) is 7.28. The predicted octanol–water partition coefficient (Wildman–Crippen LogP) is 2.65. The van der Waals surface area contributed by atoms with Crippen LogP contribution < -0.4 is 5.73 Å². The van der Waals surface area contributed by atoms with Gasteiger partial charge in [0, 0.05) is 20.0 Å². The average molecular weight is 254 g/mol. The molecule has 106 valence electrons. The van der Waals surface area contributed by atoms with Crippen molar-refractivity contribution in [2.45, 2.75) is 52.9 Å². The molecule has 1 aliphatic rings. The standard InChI is InChI=1S/C15H30N2O/c1-15(2,3)13(9-10-16)7-8-14(18)17(4)11-12-5-6-12/h12-13H,5-11,16H2,1-4H3. The Hall–Kier alpha value is -0.570. The molecular formula is C15H30N2O. The molecule has 18 heavy (non-hydrogen) atoms.